The molecule has 6 aromatic heterocycles. The van der Waals surface area contributed by atoms with Gasteiger partial charge >= 0.3 is 0 Å². The smallest absolute Gasteiger partial charge is 0.129 e. The van der Waals surface area contributed by atoms with Crippen LogP contribution in [0.5, 0.6) is 0 Å². The van der Waals surface area contributed by atoms with Crippen molar-refractivity contribution in [1.82, 2.24) is 44.6 Å². The Balaban J connectivity index is 0.000000244. The van der Waals surface area contributed by atoms with E-state index in [0.717, 1.165) is 191 Å². The maximum Gasteiger partial charge on any atom is 0.129 e. The van der Waals surface area contributed by atoms with Gasteiger partial charge in [0.05, 0.1) is 83.8 Å². The first kappa shape index (κ1) is 78.1. The number of rotatable bonds is 15. The van der Waals surface area contributed by atoms with Crippen LogP contribution in [0.25, 0.3) is 30.6 Å². The Labute approximate surface area is 577 Å². The number of aryl methyl sites for hydroxylation is 9. The minimum atomic E-state index is -0.139. The van der Waals surface area contributed by atoms with Crippen LogP contribution in [0.4, 0.5) is 13.2 Å². The van der Waals surface area contributed by atoms with Crippen molar-refractivity contribution in [3.63, 3.8) is 0 Å². The third kappa shape index (κ3) is 20.5. The monoisotopic (exact) mass is 1370 g/mol. The van der Waals surface area contributed by atoms with Gasteiger partial charge in [0.15, 0.2) is 0 Å². The third-order valence-corrected chi connectivity index (χ3v) is 19.7. The van der Waals surface area contributed by atoms with Gasteiger partial charge in [-0.3, -0.25) is 29.7 Å². The molecule has 0 amide bonds. The second-order valence-corrected chi connectivity index (χ2v) is 27.9. The van der Waals surface area contributed by atoms with Crippen molar-refractivity contribution >= 4 is 105 Å². The second-order valence-electron chi connectivity index (χ2n) is 24.2. The molecular weight excluding hydrogens is 1280 g/mol. The van der Waals surface area contributed by atoms with E-state index in [1.54, 1.807) is 18.2 Å². The number of thiazole rings is 3. The molecule has 3 fully saturated rings. The van der Waals surface area contributed by atoms with Crippen molar-refractivity contribution in [3.8, 4) is 0 Å². The molecular formula is C71H98F3N9O3S6. The second kappa shape index (κ2) is 35.4. The molecule has 12 nitrogen and oxygen atoms in total. The summed E-state index contributed by atoms with van der Waals surface area (Å²) in [6, 6.07) is 23.2. The van der Waals surface area contributed by atoms with Gasteiger partial charge in [-0.05, 0) is 231 Å². The van der Waals surface area contributed by atoms with E-state index in [-0.39, 0.29) is 109 Å². The molecule has 12 rings (SSSR count). The molecule has 9 heterocycles. The van der Waals surface area contributed by atoms with Gasteiger partial charge in [-0.15, -0.1) is 34.0 Å². The number of nitrogens with zero attached hydrogens (tertiary/aromatic N) is 9. The molecule has 3 aliphatic heterocycles. The predicted octanol–water partition coefficient (Wildman–Crippen LogP) is 18.1. The van der Waals surface area contributed by atoms with E-state index in [1.165, 1.54) is 34.0 Å². The van der Waals surface area contributed by atoms with E-state index >= 15 is 0 Å². The number of benzene rings is 3. The van der Waals surface area contributed by atoms with Gasteiger partial charge < -0.3 is 14.2 Å². The quantitative estimate of drug-likeness (QED) is 0.0973. The van der Waals surface area contributed by atoms with Gasteiger partial charge in [0, 0.05) is 88.6 Å². The fourth-order valence-corrected chi connectivity index (χ4v) is 15.3. The molecule has 1 unspecified atom stereocenters. The number of ether oxygens (including phenoxy) is 3. The fraction of sp³-hybridized carbons (Fsp3) is 0.493. The highest BCUT2D eigenvalue weighted by Crippen LogP contribution is 2.36. The largest absolute Gasteiger partial charge is 0.372 e. The van der Waals surface area contributed by atoms with Crippen LogP contribution < -0.4 is 0 Å². The zero-order valence-corrected chi connectivity index (χ0v) is 59.6. The highest BCUT2D eigenvalue weighted by atomic mass is 32.1. The van der Waals surface area contributed by atoms with Crippen molar-refractivity contribution in [2.45, 2.75) is 193 Å². The first-order valence-electron chi connectivity index (χ1n) is 30.8. The molecule has 0 spiro atoms. The van der Waals surface area contributed by atoms with Gasteiger partial charge in [-0.25, -0.2) is 28.1 Å². The molecule has 3 saturated heterocycles. The predicted molar refractivity (Wildman–Crippen MR) is 392 cm³/mol. The Kier molecular flexibility index (Phi) is 30.0. The fourth-order valence-electron chi connectivity index (χ4n) is 12.8. The van der Waals surface area contributed by atoms with Gasteiger partial charge in [-0.2, -0.15) is 40.5 Å². The summed E-state index contributed by atoms with van der Waals surface area (Å²) in [4.78, 5) is 33.9. The molecule has 6 atom stereocenters. The summed E-state index contributed by atoms with van der Waals surface area (Å²) in [6.07, 6.45) is 6.78. The number of pyridine rings is 3. The Morgan fingerprint density at radius 3 is 0.870 bits per heavy atom. The maximum atomic E-state index is 14.8. The number of fused-ring (bicyclic) bond motifs is 3. The van der Waals surface area contributed by atoms with Gasteiger partial charge in [-0.1, -0.05) is 14.9 Å². The van der Waals surface area contributed by atoms with Crippen LogP contribution in [0.1, 0.15) is 175 Å². The van der Waals surface area contributed by atoms with E-state index in [4.69, 9.17) is 14.2 Å². The molecule has 0 aliphatic carbocycles. The van der Waals surface area contributed by atoms with E-state index in [1.807, 2.05) is 80.5 Å². The minimum Gasteiger partial charge on any atom is -0.372 e. The number of hydrogen-bond acceptors (Lipinski definition) is 15. The first-order chi connectivity index (χ1) is 41.7. The van der Waals surface area contributed by atoms with Crippen LogP contribution in [0, 0.1) is 79.8 Å². The maximum absolute atomic E-state index is 14.8. The molecule has 0 radical (unpaired) electrons. The van der Waals surface area contributed by atoms with E-state index < -0.39 is 0 Å². The zero-order valence-electron chi connectivity index (χ0n) is 54.1. The average molecular weight is 1380 g/mol. The Morgan fingerprint density at radius 2 is 0.630 bits per heavy atom. The highest BCUT2D eigenvalue weighted by molar-refractivity contribution is 7.59. The Morgan fingerprint density at radius 1 is 0.391 bits per heavy atom. The number of piperidine rings is 3. The van der Waals surface area contributed by atoms with Crippen molar-refractivity contribution in [1.29, 1.82) is 0 Å². The van der Waals surface area contributed by atoms with Crippen LogP contribution >= 0.6 is 74.5 Å². The van der Waals surface area contributed by atoms with E-state index in [9.17, 15) is 13.2 Å². The van der Waals surface area contributed by atoms with Gasteiger partial charge in [0.2, 0.25) is 0 Å². The number of likely N-dealkylation sites (tertiary alicyclic amines) is 3. The van der Waals surface area contributed by atoms with Crippen LogP contribution in [0.2, 0.25) is 0 Å². The highest BCUT2D eigenvalue weighted by Gasteiger charge is 2.30. The lowest BCUT2D eigenvalue weighted by Gasteiger charge is -2.37. The number of halogens is 3. The minimum absolute atomic E-state index is 0. The lowest BCUT2D eigenvalue weighted by Crippen LogP contribution is -2.41. The molecule has 92 heavy (non-hydrogen) atoms. The van der Waals surface area contributed by atoms with Gasteiger partial charge in [0.1, 0.15) is 17.5 Å². The molecule has 502 valence electrons. The average Bonchev–Trinajstić information content (AvgIpc) is 1.67. The van der Waals surface area contributed by atoms with E-state index in [0.29, 0.717) is 19.8 Å². The third-order valence-electron chi connectivity index (χ3n) is 16.9. The summed E-state index contributed by atoms with van der Waals surface area (Å²) >= 11 is 4.62. The van der Waals surface area contributed by atoms with Crippen molar-refractivity contribution in [2.24, 2.45) is 0 Å². The zero-order chi connectivity index (χ0) is 61.6. The first-order valence-corrected chi connectivity index (χ1v) is 33.2. The molecule has 3 aromatic carbocycles. The summed E-state index contributed by atoms with van der Waals surface area (Å²) < 4.78 is 65.8. The van der Waals surface area contributed by atoms with Crippen LogP contribution in [0.15, 0.2) is 72.8 Å². The summed E-state index contributed by atoms with van der Waals surface area (Å²) in [5.74, 6) is -0.418. The molecule has 9 aromatic rings. The van der Waals surface area contributed by atoms with Crippen molar-refractivity contribution in [2.75, 3.05) is 39.3 Å². The van der Waals surface area contributed by atoms with Crippen molar-refractivity contribution < 1.29 is 27.4 Å². The summed E-state index contributed by atoms with van der Waals surface area (Å²) in [6.45, 7) is 31.3. The lowest BCUT2D eigenvalue weighted by atomic mass is 10.0. The normalized spacial score (nSPS) is 18.0. The molecule has 0 bridgehead atoms. The van der Waals surface area contributed by atoms with Crippen molar-refractivity contribution in [3.05, 3.63) is 173 Å². The van der Waals surface area contributed by atoms with Gasteiger partial charge in [0.25, 0.3) is 0 Å². The molecule has 21 heteroatoms. The summed E-state index contributed by atoms with van der Waals surface area (Å²) in [5, 5.41) is 2.91. The lowest BCUT2D eigenvalue weighted by molar-refractivity contribution is -0.0202. The number of hydrogen-bond donors (Lipinski definition) is 0. The Bertz CT molecular complexity index is 3400. The molecule has 0 saturated carbocycles. The molecule has 0 N–H and O–H groups in total. The SMILES string of the molecule is C.C.Cc1cc(CO[C@H]2CCCN(C(C)c3cc4nc(C)sc4cc3F)C2)cc(C)n1.Cc1cc(CO[C@H]2CCCN([C@@H](C)c3cc4nc(C)sc4cc3F)C2)cc(C)n1.Cc1cc(CO[C@H]2CCCN([C@H](C)c3cc4nc(C)sc4cc3F)C2)cc(C)n1.S.S.S. The molecule has 3 aliphatic rings. The van der Waals surface area contributed by atoms with Crippen LogP contribution in [-0.2, 0) is 34.0 Å². The standard InChI is InChI=1S/3C23H28FN3OS.2CH4.3H2S/c3*1-14-8-18(9-15(2)25-14)13-28-19-6-5-7-27(12-19)16(3)20-10-22-23(11-21(20)24)29-17(4)26-22;;;;;/h3*8-11,16,19H,5-7,12-13H2,1-4H3;2*1H4;3*1H2/t16?,19-;16-,19+;16-,19-;;;;;/m010...../s1. The Hall–Kier alpha value is -4.62. The van der Waals surface area contributed by atoms with Crippen LogP contribution in [-0.4, -0.2) is 102 Å². The topological polar surface area (TPSA) is 115 Å². The number of aromatic nitrogens is 6. The van der Waals surface area contributed by atoms with Crippen LogP contribution in [0.3, 0.4) is 0 Å². The van der Waals surface area contributed by atoms with E-state index in [2.05, 4.69) is 102 Å². The summed E-state index contributed by atoms with van der Waals surface area (Å²) in [5.41, 5.74) is 14.5. The summed E-state index contributed by atoms with van der Waals surface area (Å²) in [7, 11) is 0.